The number of para-hydroxylation sites is 1. The quantitative estimate of drug-likeness (QED) is 0.884. The van der Waals surface area contributed by atoms with Crippen LogP contribution in [0.5, 0.6) is 11.5 Å². The molecule has 0 heterocycles. The molecule has 2 N–H and O–H groups in total. The van der Waals surface area contributed by atoms with Crippen LogP contribution in [0, 0.1) is 5.82 Å². The summed E-state index contributed by atoms with van der Waals surface area (Å²) in [4.78, 5) is 0. The molecule has 0 amide bonds. The minimum absolute atomic E-state index is 0.298. The topological polar surface area (TPSA) is 35.2 Å². The number of hydrogen-bond acceptors (Lipinski definition) is 2. The van der Waals surface area contributed by atoms with Crippen LogP contribution >= 0.6 is 0 Å². The summed E-state index contributed by atoms with van der Waals surface area (Å²) in [5.74, 6) is 1.34. The number of ether oxygens (including phenoxy) is 1. The number of hydrogen-bond donors (Lipinski definition) is 1. The lowest BCUT2D eigenvalue weighted by Crippen LogP contribution is -2.03. The van der Waals surface area contributed by atoms with Gasteiger partial charge in [0.1, 0.15) is 17.3 Å². The number of nitrogens with two attached hydrogens (primary N) is 1. The lowest BCUT2D eigenvalue weighted by Gasteiger charge is -2.14. The molecule has 0 aliphatic carbocycles. The van der Waals surface area contributed by atoms with Crippen molar-refractivity contribution in [2.45, 2.75) is 26.2 Å². The van der Waals surface area contributed by atoms with Crippen LogP contribution in [0.2, 0.25) is 0 Å². The van der Waals surface area contributed by atoms with Gasteiger partial charge >= 0.3 is 0 Å². The molecular weight excluding hydrogens is 253 g/mol. The molecule has 0 fully saturated rings. The van der Waals surface area contributed by atoms with Crippen molar-refractivity contribution in [3.05, 3.63) is 59.4 Å². The number of benzene rings is 2. The Labute approximate surface area is 119 Å². The van der Waals surface area contributed by atoms with E-state index in [2.05, 4.69) is 13.8 Å². The second kappa shape index (κ2) is 6.53. The van der Waals surface area contributed by atoms with E-state index in [1.165, 1.54) is 12.1 Å². The van der Waals surface area contributed by atoms with Gasteiger partial charge in [-0.25, -0.2) is 4.39 Å². The van der Waals surface area contributed by atoms with Crippen LogP contribution in [0.25, 0.3) is 0 Å². The molecule has 0 unspecified atom stereocenters. The molecule has 0 atom stereocenters. The second-order valence-corrected chi connectivity index (χ2v) is 5.13. The maximum Gasteiger partial charge on any atom is 0.130 e. The minimum Gasteiger partial charge on any atom is -0.457 e. The van der Waals surface area contributed by atoms with Crippen molar-refractivity contribution in [1.29, 1.82) is 0 Å². The third-order valence-electron chi connectivity index (χ3n) is 3.13. The van der Waals surface area contributed by atoms with Crippen molar-refractivity contribution in [2.75, 3.05) is 6.54 Å². The molecule has 2 aromatic carbocycles. The summed E-state index contributed by atoms with van der Waals surface area (Å²) in [6.45, 7) is 4.70. The summed E-state index contributed by atoms with van der Waals surface area (Å²) in [5, 5.41) is 0. The van der Waals surface area contributed by atoms with E-state index >= 15 is 0 Å². The molecule has 20 heavy (non-hydrogen) atoms. The van der Waals surface area contributed by atoms with Gasteiger partial charge in [-0.2, -0.15) is 0 Å². The first kappa shape index (κ1) is 14.5. The predicted octanol–water partition coefficient (Wildman–Crippen LogP) is 4.24. The first-order chi connectivity index (χ1) is 9.60. The fourth-order valence-corrected chi connectivity index (χ4v) is 2.17. The van der Waals surface area contributed by atoms with Gasteiger partial charge in [0.15, 0.2) is 0 Å². The van der Waals surface area contributed by atoms with Crippen LogP contribution in [0.4, 0.5) is 4.39 Å². The highest BCUT2D eigenvalue weighted by atomic mass is 19.1. The molecule has 0 radical (unpaired) electrons. The van der Waals surface area contributed by atoms with Crippen LogP contribution in [0.3, 0.4) is 0 Å². The van der Waals surface area contributed by atoms with Crippen LogP contribution < -0.4 is 10.5 Å². The fourth-order valence-electron chi connectivity index (χ4n) is 2.17. The SMILES string of the molecule is CC(C)c1ccccc1Oc1cc(F)cc(CCN)c1. The first-order valence-electron chi connectivity index (χ1n) is 6.86. The molecule has 0 saturated heterocycles. The van der Waals surface area contributed by atoms with Crippen LogP contribution in [-0.4, -0.2) is 6.54 Å². The van der Waals surface area contributed by atoms with Crippen LogP contribution in [-0.2, 0) is 6.42 Å². The Morgan fingerprint density at radius 1 is 1.15 bits per heavy atom. The van der Waals surface area contributed by atoms with Gasteiger partial charge in [-0.05, 0) is 48.2 Å². The van der Waals surface area contributed by atoms with Crippen molar-refractivity contribution >= 4 is 0 Å². The summed E-state index contributed by atoms with van der Waals surface area (Å²) in [6, 6.07) is 12.6. The Hall–Kier alpha value is -1.87. The van der Waals surface area contributed by atoms with Crippen molar-refractivity contribution in [1.82, 2.24) is 0 Å². The summed E-state index contributed by atoms with van der Waals surface area (Å²) in [5.41, 5.74) is 7.47. The zero-order valence-corrected chi connectivity index (χ0v) is 11.9. The highest BCUT2D eigenvalue weighted by molar-refractivity contribution is 5.40. The molecule has 0 aliphatic heterocycles. The van der Waals surface area contributed by atoms with E-state index in [9.17, 15) is 4.39 Å². The van der Waals surface area contributed by atoms with Gasteiger partial charge in [0.25, 0.3) is 0 Å². The molecule has 106 valence electrons. The second-order valence-electron chi connectivity index (χ2n) is 5.13. The standard InChI is InChI=1S/C17H20FNO/c1-12(2)16-5-3-4-6-17(16)20-15-10-13(7-8-19)9-14(18)11-15/h3-6,9-12H,7-8,19H2,1-2H3. The van der Waals surface area contributed by atoms with Crippen molar-refractivity contribution < 1.29 is 9.13 Å². The molecule has 0 spiro atoms. The Morgan fingerprint density at radius 2 is 1.90 bits per heavy atom. The monoisotopic (exact) mass is 273 g/mol. The molecule has 2 aromatic rings. The maximum absolute atomic E-state index is 13.6. The van der Waals surface area contributed by atoms with E-state index in [1.54, 1.807) is 0 Å². The third kappa shape index (κ3) is 3.58. The van der Waals surface area contributed by atoms with Crippen molar-refractivity contribution in [3.63, 3.8) is 0 Å². The lowest BCUT2D eigenvalue weighted by atomic mass is 10.0. The Kier molecular flexibility index (Phi) is 4.74. The van der Waals surface area contributed by atoms with Crippen molar-refractivity contribution in [3.8, 4) is 11.5 Å². The van der Waals surface area contributed by atoms with Gasteiger partial charge in [-0.3, -0.25) is 0 Å². The highest BCUT2D eigenvalue weighted by Crippen LogP contribution is 2.31. The maximum atomic E-state index is 13.6. The van der Waals surface area contributed by atoms with E-state index in [0.717, 1.165) is 16.9 Å². The van der Waals surface area contributed by atoms with Crippen molar-refractivity contribution in [2.24, 2.45) is 5.73 Å². The average molecular weight is 273 g/mol. The van der Waals surface area contributed by atoms with Crippen LogP contribution in [0.15, 0.2) is 42.5 Å². The average Bonchev–Trinajstić information content (AvgIpc) is 2.38. The van der Waals surface area contributed by atoms with Gasteiger partial charge < -0.3 is 10.5 Å². The van der Waals surface area contributed by atoms with E-state index in [0.29, 0.717) is 24.6 Å². The molecule has 0 saturated carbocycles. The van der Waals surface area contributed by atoms with Gasteiger partial charge in [0, 0.05) is 6.07 Å². The molecule has 0 aliphatic rings. The Bertz CT molecular complexity index is 581. The van der Waals surface area contributed by atoms with E-state index in [-0.39, 0.29) is 5.82 Å². The molecular formula is C17H20FNO. The summed E-state index contributed by atoms with van der Waals surface area (Å²) >= 11 is 0. The van der Waals surface area contributed by atoms with E-state index < -0.39 is 0 Å². The largest absolute Gasteiger partial charge is 0.457 e. The normalized spacial score (nSPS) is 10.8. The lowest BCUT2D eigenvalue weighted by molar-refractivity contribution is 0.467. The Balaban J connectivity index is 2.30. The molecule has 0 aromatic heterocycles. The fraction of sp³-hybridized carbons (Fsp3) is 0.294. The van der Waals surface area contributed by atoms with E-state index in [4.69, 9.17) is 10.5 Å². The first-order valence-corrected chi connectivity index (χ1v) is 6.86. The third-order valence-corrected chi connectivity index (χ3v) is 3.13. The smallest absolute Gasteiger partial charge is 0.130 e. The van der Waals surface area contributed by atoms with Crippen LogP contribution in [0.1, 0.15) is 30.9 Å². The Morgan fingerprint density at radius 3 is 2.60 bits per heavy atom. The number of rotatable bonds is 5. The van der Waals surface area contributed by atoms with Gasteiger partial charge in [0.2, 0.25) is 0 Å². The molecule has 3 heteroatoms. The van der Waals surface area contributed by atoms with Gasteiger partial charge in [-0.1, -0.05) is 32.0 Å². The molecule has 2 rings (SSSR count). The van der Waals surface area contributed by atoms with Gasteiger partial charge in [0.05, 0.1) is 0 Å². The summed E-state index contributed by atoms with van der Waals surface area (Å²) < 4.78 is 19.4. The van der Waals surface area contributed by atoms with E-state index in [1.807, 2.05) is 30.3 Å². The zero-order chi connectivity index (χ0) is 14.5. The minimum atomic E-state index is -0.298. The zero-order valence-electron chi connectivity index (χ0n) is 11.9. The predicted molar refractivity (Wildman–Crippen MR) is 79.8 cm³/mol. The molecule has 0 bridgehead atoms. The molecule has 2 nitrogen and oxygen atoms in total. The van der Waals surface area contributed by atoms with Gasteiger partial charge in [-0.15, -0.1) is 0 Å². The highest BCUT2D eigenvalue weighted by Gasteiger charge is 2.09. The summed E-state index contributed by atoms with van der Waals surface area (Å²) in [7, 11) is 0. The summed E-state index contributed by atoms with van der Waals surface area (Å²) in [6.07, 6.45) is 0.639. The number of halogens is 1.